The minimum atomic E-state index is -3.37. The number of hydrogen-bond donors (Lipinski definition) is 1. The van der Waals surface area contributed by atoms with Crippen molar-refractivity contribution in [1.82, 2.24) is 5.32 Å². The Morgan fingerprint density at radius 3 is 2.00 bits per heavy atom. The Balaban J connectivity index is 1.95. The van der Waals surface area contributed by atoms with E-state index in [9.17, 15) is 9.36 Å². The SMILES string of the molecule is COP(=O)(c1ccccc1)[C@@H](Cc1ccc(C(C)C)cc1)NC(=O)c1ccccc1. The van der Waals surface area contributed by atoms with Crippen LogP contribution in [0, 0.1) is 0 Å². The molecule has 0 spiro atoms. The van der Waals surface area contributed by atoms with Crippen LogP contribution in [0.15, 0.2) is 84.9 Å². The van der Waals surface area contributed by atoms with Gasteiger partial charge in [0.15, 0.2) is 0 Å². The van der Waals surface area contributed by atoms with Crippen LogP contribution < -0.4 is 10.6 Å². The molecular formula is C25H28NO3P. The van der Waals surface area contributed by atoms with E-state index in [1.807, 2.05) is 48.5 Å². The highest BCUT2D eigenvalue weighted by Gasteiger charge is 2.36. The zero-order valence-corrected chi connectivity index (χ0v) is 18.5. The van der Waals surface area contributed by atoms with Crippen LogP contribution in [0.5, 0.6) is 0 Å². The summed E-state index contributed by atoms with van der Waals surface area (Å²) in [5.41, 5.74) is 2.75. The average molecular weight is 421 g/mol. The highest BCUT2D eigenvalue weighted by molar-refractivity contribution is 7.67. The quantitative estimate of drug-likeness (QED) is 0.498. The second kappa shape index (κ2) is 9.88. The van der Waals surface area contributed by atoms with Gasteiger partial charge in [0.2, 0.25) is 0 Å². The minimum absolute atomic E-state index is 0.271. The van der Waals surface area contributed by atoms with Crippen molar-refractivity contribution >= 4 is 18.6 Å². The molecule has 0 saturated carbocycles. The van der Waals surface area contributed by atoms with E-state index in [1.54, 1.807) is 24.3 Å². The van der Waals surface area contributed by atoms with E-state index in [-0.39, 0.29) is 5.91 Å². The van der Waals surface area contributed by atoms with Gasteiger partial charge in [0.25, 0.3) is 13.3 Å². The van der Waals surface area contributed by atoms with Crippen LogP contribution >= 0.6 is 7.37 Å². The number of amides is 1. The summed E-state index contributed by atoms with van der Waals surface area (Å²) < 4.78 is 19.6. The third kappa shape index (κ3) is 5.08. The summed E-state index contributed by atoms with van der Waals surface area (Å²) in [6.07, 6.45) is 0.400. The summed E-state index contributed by atoms with van der Waals surface area (Å²) in [5.74, 6) is -0.530. The number of carbonyl (C=O) groups excluding carboxylic acids is 1. The van der Waals surface area contributed by atoms with Gasteiger partial charge in [0.05, 0.1) is 0 Å². The zero-order valence-electron chi connectivity index (χ0n) is 17.6. The molecule has 0 aliphatic carbocycles. The third-order valence-corrected chi connectivity index (χ3v) is 7.90. The molecular weight excluding hydrogens is 393 g/mol. The monoisotopic (exact) mass is 421 g/mol. The smallest absolute Gasteiger partial charge is 0.253 e. The van der Waals surface area contributed by atoms with Gasteiger partial charge in [-0.1, -0.05) is 74.5 Å². The van der Waals surface area contributed by atoms with Crippen molar-refractivity contribution in [3.63, 3.8) is 0 Å². The van der Waals surface area contributed by atoms with Crippen LogP contribution in [0.4, 0.5) is 0 Å². The van der Waals surface area contributed by atoms with Gasteiger partial charge in [-0.05, 0) is 41.3 Å². The van der Waals surface area contributed by atoms with Crippen molar-refractivity contribution in [2.45, 2.75) is 32.0 Å². The molecule has 1 unspecified atom stereocenters. The number of hydrogen-bond acceptors (Lipinski definition) is 3. The van der Waals surface area contributed by atoms with Crippen molar-refractivity contribution in [3.8, 4) is 0 Å². The van der Waals surface area contributed by atoms with Crippen molar-refractivity contribution in [1.29, 1.82) is 0 Å². The van der Waals surface area contributed by atoms with Crippen molar-refractivity contribution in [2.24, 2.45) is 0 Å². The second-order valence-corrected chi connectivity index (χ2v) is 10.3. The van der Waals surface area contributed by atoms with Gasteiger partial charge >= 0.3 is 0 Å². The molecule has 0 saturated heterocycles. The fourth-order valence-electron chi connectivity index (χ4n) is 3.39. The lowest BCUT2D eigenvalue weighted by Crippen LogP contribution is -2.39. The van der Waals surface area contributed by atoms with Gasteiger partial charge in [0.1, 0.15) is 5.78 Å². The van der Waals surface area contributed by atoms with Crippen LogP contribution in [0.3, 0.4) is 0 Å². The Morgan fingerprint density at radius 1 is 0.900 bits per heavy atom. The van der Waals surface area contributed by atoms with Crippen LogP contribution in [0.25, 0.3) is 0 Å². The molecule has 0 bridgehead atoms. The van der Waals surface area contributed by atoms with Crippen molar-refractivity contribution < 1.29 is 13.9 Å². The molecule has 0 heterocycles. The van der Waals surface area contributed by atoms with Crippen LogP contribution in [0.2, 0.25) is 0 Å². The van der Waals surface area contributed by atoms with Gasteiger partial charge in [-0.3, -0.25) is 9.36 Å². The summed E-state index contributed by atoms with van der Waals surface area (Å²) in [7, 11) is -1.92. The number of carbonyl (C=O) groups is 1. The van der Waals surface area contributed by atoms with Crippen molar-refractivity contribution in [2.75, 3.05) is 7.11 Å². The first kappa shape index (κ1) is 22.0. The summed E-state index contributed by atoms with van der Waals surface area (Å²) in [6.45, 7) is 4.29. The van der Waals surface area contributed by atoms with E-state index < -0.39 is 13.2 Å². The average Bonchev–Trinajstić information content (AvgIpc) is 2.79. The zero-order chi connectivity index (χ0) is 21.6. The van der Waals surface area contributed by atoms with Crippen LogP contribution in [0.1, 0.15) is 41.3 Å². The van der Waals surface area contributed by atoms with E-state index in [0.717, 1.165) is 5.56 Å². The lowest BCUT2D eigenvalue weighted by Gasteiger charge is -2.28. The molecule has 3 rings (SSSR count). The highest BCUT2D eigenvalue weighted by Crippen LogP contribution is 2.50. The fraction of sp³-hybridized carbons (Fsp3) is 0.240. The van der Waals surface area contributed by atoms with Gasteiger partial charge in [-0.2, -0.15) is 0 Å². The molecule has 0 fully saturated rings. The first-order valence-electron chi connectivity index (χ1n) is 10.1. The molecule has 2 atom stereocenters. The maximum absolute atomic E-state index is 14.0. The molecule has 30 heavy (non-hydrogen) atoms. The van der Waals surface area contributed by atoms with Gasteiger partial charge < -0.3 is 9.84 Å². The van der Waals surface area contributed by atoms with E-state index in [1.165, 1.54) is 12.7 Å². The molecule has 0 radical (unpaired) electrons. The molecule has 3 aromatic rings. The number of nitrogens with one attached hydrogen (secondary N) is 1. The Kier molecular flexibility index (Phi) is 7.25. The molecule has 0 aliphatic heterocycles. The Labute approximate surface area is 178 Å². The third-order valence-electron chi connectivity index (χ3n) is 5.21. The topological polar surface area (TPSA) is 55.4 Å². The lowest BCUT2D eigenvalue weighted by molar-refractivity contribution is 0.0946. The highest BCUT2D eigenvalue weighted by atomic mass is 31.2. The number of rotatable bonds is 8. The molecule has 0 aliphatic rings. The first-order valence-corrected chi connectivity index (χ1v) is 11.8. The molecule has 156 valence electrons. The Morgan fingerprint density at radius 2 is 1.47 bits per heavy atom. The van der Waals surface area contributed by atoms with E-state index in [0.29, 0.717) is 23.2 Å². The number of benzene rings is 3. The largest absolute Gasteiger partial charge is 0.339 e. The van der Waals surface area contributed by atoms with Crippen LogP contribution in [-0.4, -0.2) is 18.8 Å². The molecule has 1 N–H and O–H groups in total. The standard InChI is InChI=1S/C25H28NO3P/c1-19(2)21-16-14-20(15-17-21)18-24(26-25(27)22-10-6-4-7-11-22)30(28,29-3)23-12-8-5-9-13-23/h4-17,19,24H,18H2,1-3H3,(H,26,27)/t24-,30?/m0/s1. The predicted molar refractivity (Wildman–Crippen MR) is 123 cm³/mol. The normalized spacial score (nSPS) is 14.1. The maximum atomic E-state index is 14.0. The molecule has 0 aromatic heterocycles. The van der Waals surface area contributed by atoms with E-state index in [4.69, 9.17) is 4.52 Å². The Hall–Kier alpha value is -2.68. The van der Waals surface area contributed by atoms with Gasteiger partial charge in [0, 0.05) is 24.4 Å². The fourth-order valence-corrected chi connectivity index (χ4v) is 5.54. The summed E-state index contributed by atoms with van der Waals surface area (Å²) in [6, 6.07) is 26.3. The second-order valence-electron chi connectivity index (χ2n) is 7.57. The first-order chi connectivity index (χ1) is 14.4. The maximum Gasteiger partial charge on any atom is 0.253 e. The summed E-state index contributed by atoms with van der Waals surface area (Å²) >= 11 is 0. The van der Waals surface area contributed by atoms with E-state index >= 15 is 0 Å². The molecule has 3 aromatic carbocycles. The van der Waals surface area contributed by atoms with E-state index in [2.05, 4.69) is 31.3 Å². The predicted octanol–water partition coefficient (Wildman–Crippen LogP) is 5.36. The minimum Gasteiger partial charge on any atom is -0.339 e. The Bertz CT molecular complexity index is 1000. The van der Waals surface area contributed by atoms with Gasteiger partial charge in [-0.25, -0.2) is 0 Å². The van der Waals surface area contributed by atoms with Crippen LogP contribution in [-0.2, 0) is 15.5 Å². The molecule has 5 heteroatoms. The summed E-state index contributed by atoms with van der Waals surface area (Å²) in [5, 5.41) is 3.57. The molecule has 1 amide bonds. The molecule has 4 nitrogen and oxygen atoms in total. The lowest BCUT2D eigenvalue weighted by atomic mass is 10.0. The summed E-state index contributed by atoms with van der Waals surface area (Å²) in [4.78, 5) is 12.9. The van der Waals surface area contributed by atoms with Crippen molar-refractivity contribution in [3.05, 3.63) is 102 Å². The van der Waals surface area contributed by atoms with Gasteiger partial charge in [-0.15, -0.1) is 0 Å².